The normalized spacial score (nSPS) is 11.2. The molecule has 0 radical (unpaired) electrons. The highest BCUT2D eigenvalue weighted by molar-refractivity contribution is 7.80. The number of hydrogen-bond donors (Lipinski definition) is 2. The number of nitrogens with one attached hydrogen (secondary N) is 1. The Hall–Kier alpha value is -1.94. The third-order valence-electron chi connectivity index (χ3n) is 3.28. The van der Waals surface area contributed by atoms with Crippen LogP contribution in [-0.4, -0.2) is 4.99 Å². The molecule has 0 fully saturated rings. The molecule has 0 aliphatic carbocycles. The van der Waals surface area contributed by atoms with Crippen LogP contribution in [0.15, 0.2) is 42.5 Å². The van der Waals surface area contributed by atoms with Gasteiger partial charge in [0.2, 0.25) is 0 Å². The molecule has 0 bridgehead atoms. The topological polar surface area (TPSA) is 38.0 Å². The van der Waals surface area contributed by atoms with E-state index in [1.165, 1.54) is 17.7 Å². The van der Waals surface area contributed by atoms with Gasteiger partial charge in [-0.3, -0.25) is 0 Å². The van der Waals surface area contributed by atoms with E-state index in [0.29, 0.717) is 11.3 Å². The van der Waals surface area contributed by atoms with Gasteiger partial charge in [-0.1, -0.05) is 45.1 Å². The van der Waals surface area contributed by atoms with Gasteiger partial charge in [0.1, 0.15) is 10.8 Å². The highest BCUT2D eigenvalue weighted by Gasteiger charge is 2.13. The molecule has 3 N–H and O–H groups in total. The molecule has 0 aliphatic heterocycles. The molecular formula is C17H19FN2S. The van der Waals surface area contributed by atoms with Crippen molar-refractivity contribution < 1.29 is 4.39 Å². The van der Waals surface area contributed by atoms with Gasteiger partial charge in [-0.25, -0.2) is 4.39 Å². The van der Waals surface area contributed by atoms with Crippen LogP contribution in [0.4, 0.5) is 15.8 Å². The predicted octanol–water partition coefficient (Wildman–Crippen LogP) is 4.50. The Morgan fingerprint density at radius 3 is 2.24 bits per heavy atom. The summed E-state index contributed by atoms with van der Waals surface area (Å²) in [5.41, 5.74) is 9.12. The fourth-order valence-corrected chi connectivity index (χ4v) is 2.21. The largest absolute Gasteiger partial charge is 0.389 e. The summed E-state index contributed by atoms with van der Waals surface area (Å²) >= 11 is 4.97. The lowest BCUT2D eigenvalue weighted by atomic mass is 9.87. The molecule has 4 heteroatoms. The summed E-state index contributed by atoms with van der Waals surface area (Å²) in [4.78, 5) is 0.170. The summed E-state index contributed by atoms with van der Waals surface area (Å²) in [6.07, 6.45) is 0. The molecule has 0 unspecified atom stereocenters. The van der Waals surface area contributed by atoms with E-state index in [1.54, 1.807) is 6.07 Å². The highest BCUT2D eigenvalue weighted by Crippen LogP contribution is 2.26. The maximum absolute atomic E-state index is 13.3. The Kier molecular flexibility index (Phi) is 4.28. The number of anilines is 2. The Bertz CT molecular complexity index is 657. The van der Waals surface area contributed by atoms with Gasteiger partial charge < -0.3 is 11.1 Å². The lowest BCUT2D eigenvalue weighted by Crippen LogP contribution is -2.13. The van der Waals surface area contributed by atoms with Crippen molar-refractivity contribution >= 4 is 28.6 Å². The van der Waals surface area contributed by atoms with Crippen molar-refractivity contribution in [2.75, 3.05) is 5.32 Å². The Morgan fingerprint density at radius 1 is 1.10 bits per heavy atom. The number of benzene rings is 2. The third kappa shape index (κ3) is 3.79. The first-order valence-corrected chi connectivity index (χ1v) is 7.15. The maximum atomic E-state index is 13.3. The van der Waals surface area contributed by atoms with Crippen LogP contribution in [0.2, 0.25) is 0 Å². The van der Waals surface area contributed by atoms with Gasteiger partial charge >= 0.3 is 0 Å². The summed E-state index contributed by atoms with van der Waals surface area (Å²) in [5, 5.41) is 3.23. The van der Waals surface area contributed by atoms with Crippen LogP contribution in [0.5, 0.6) is 0 Å². The van der Waals surface area contributed by atoms with E-state index in [0.717, 1.165) is 5.69 Å². The quantitative estimate of drug-likeness (QED) is 0.820. The number of rotatable bonds is 3. The zero-order valence-electron chi connectivity index (χ0n) is 12.4. The summed E-state index contributed by atoms with van der Waals surface area (Å²) in [5.74, 6) is -0.355. The van der Waals surface area contributed by atoms with Crippen molar-refractivity contribution in [1.82, 2.24) is 0 Å². The fraction of sp³-hybridized carbons (Fsp3) is 0.235. The number of hydrogen-bond acceptors (Lipinski definition) is 2. The van der Waals surface area contributed by atoms with Crippen LogP contribution in [0.1, 0.15) is 31.9 Å². The summed E-state index contributed by atoms with van der Waals surface area (Å²) in [6, 6.07) is 12.5. The van der Waals surface area contributed by atoms with Crippen LogP contribution in [0, 0.1) is 5.82 Å². The molecule has 0 spiro atoms. The SMILES string of the molecule is CC(C)(C)c1ccc(Nc2ccc(F)cc2C(N)=S)cc1. The van der Waals surface area contributed by atoms with Crippen LogP contribution in [0.3, 0.4) is 0 Å². The second-order valence-corrected chi connectivity index (χ2v) is 6.45. The second-order valence-electron chi connectivity index (χ2n) is 6.01. The smallest absolute Gasteiger partial charge is 0.124 e. The molecule has 0 saturated heterocycles. The van der Waals surface area contributed by atoms with E-state index in [1.807, 2.05) is 12.1 Å². The first-order chi connectivity index (χ1) is 9.77. The molecule has 2 aromatic rings. The first kappa shape index (κ1) is 15.4. The number of nitrogens with two attached hydrogens (primary N) is 1. The lowest BCUT2D eigenvalue weighted by molar-refractivity contribution is 0.590. The van der Waals surface area contributed by atoms with Crippen LogP contribution >= 0.6 is 12.2 Å². The average Bonchev–Trinajstić information content (AvgIpc) is 2.40. The van der Waals surface area contributed by atoms with Gasteiger partial charge in [-0.05, 0) is 41.3 Å². The van der Waals surface area contributed by atoms with Crippen molar-refractivity contribution in [3.05, 3.63) is 59.4 Å². The average molecular weight is 302 g/mol. The van der Waals surface area contributed by atoms with Crippen molar-refractivity contribution in [3.8, 4) is 0 Å². The summed E-state index contributed by atoms with van der Waals surface area (Å²) < 4.78 is 13.3. The Morgan fingerprint density at radius 2 is 1.71 bits per heavy atom. The molecule has 0 atom stereocenters. The minimum absolute atomic E-state index is 0.110. The van der Waals surface area contributed by atoms with Gasteiger partial charge in [-0.15, -0.1) is 0 Å². The second kappa shape index (κ2) is 5.82. The standard InChI is InChI=1S/C17H19FN2S/c1-17(2,3)11-4-7-13(8-5-11)20-15-9-6-12(18)10-14(15)16(19)21/h4-10,20H,1-3H3,(H2,19,21). The van der Waals surface area contributed by atoms with Crippen molar-refractivity contribution in [3.63, 3.8) is 0 Å². The molecule has 2 nitrogen and oxygen atoms in total. The Balaban J connectivity index is 2.28. The molecule has 0 amide bonds. The highest BCUT2D eigenvalue weighted by atomic mass is 32.1. The predicted molar refractivity (Wildman–Crippen MR) is 90.7 cm³/mol. The van der Waals surface area contributed by atoms with Crippen LogP contribution < -0.4 is 11.1 Å². The van der Waals surface area contributed by atoms with E-state index in [2.05, 4.69) is 38.2 Å². The third-order valence-corrected chi connectivity index (χ3v) is 3.50. The summed E-state index contributed by atoms with van der Waals surface area (Å²) in [6.45, 7) is 6.50. The van der Waals surface area contributed by atoms with E-state index in [-0.39, 0.29) is 16.2 Å². The maximum Gasteiger partial charge on any atom is 0.124 e. The molecule has 110 valence electrons. The minimum Gasteiger partial charge on any atom is -0.389 e. The van der Waals surface area contributed by atoms with Crippen molar-refractivity contribution in [2.24, 2.45) is 5.73 Å². The molecular weight excluding hydrogens is 283 g/mol. The zero-order chi connectivity index (χ0) is 15.6. The van der Waals surface area contributed by atoms with Crippen molar-refractivity contribution in [2.45, 2.75) is 26.2 Å². The van der Waals surface area contributed by atoms with E-state index >= 15 is 0 Å². The molecule has 21 heavy (non-hydrogen) atoms. The number of halogens is 1. The van der Waals surface area contributed by atoms with Gasteiger partial charge in [0.25, 0.3) is 0 Å². The molecule has 0 aliphatic rings. The van der Waals surface area contributed by atoms with Gasteiger partial charge in [-0.2, -0.15) is 0 Å². The van der Waals surface area contributed by atoms with Gasteiger partial charge in [0.15, 0.2) is 0 Å². The molecule has 0 heterocycles. The fourth-order valence-electron chi connectivity index (χ4n) is 2.04. The first-order valence-electron chi connectivity index (χ1n) is 6.74. The zero-order valence-corrected chi connectivity index (χ0v) is 13.2. The molecule has 2 aromatic carbocycles. The van der Waals surface area contributed by atoms with E-state index in [9.17, 15) is 4.39 Å². The van der Waals surface area contributed by atoms with Crippen molar-refractivity contribution in [1.29, 1.82) is 0 Å². The monoisotopic (exact) mass is 302 g/mol. The van der Waals surface area contributed by atoms with Gasteiger partial charge in [0, 0.05) is 16.9 Å². The van der Waals surface area contributed by atoms with Crippen LogP contribution in [-0.2, 0) is 5.41 Å². The number of thiocarbonyl (C=S) groups is 1. The summed E-state index contributed by atoms with van der Waals surface area (Å²) in [7, 11) is 0. The van der Waals surface area contributed by atoms with E-state index in [4.69, 9.17) is 18.0 Å². The molecule has 2 rings (SSSR count). The lowest BCUT2D eigenvalue weighted by Gasteiger charge is -2.19. The molecule has 0 saturated carbocycles. The van der Waals surface area contributed by atoms with Crippen LogP contribution in [0.25, 0.3) is 0 Å². The molecule has 0 aromatic heterocycles. The van der Waals surface area contributed by atoms with Gasteiger partial charge in [0.05, 0.1) is 0 Å². The van der Waals surface area contributed by atoms with E-state index < -0.39 is 0 Å². The minimum atomic E-state index is -0.355. The Labute approximate surface area is 130 Å².